The van der Waals surface area contributed by atoms with Crippen LogP contribution in [-0.2, 0) is 16.1 Å². The van der Waals surface area contributed by atoms with Crippen LogP contribution in [0.25, 0.3) is 0 Å². The van der Waals surface area contributed by atoms with Crippen LogP contribution in [0.15, 0.2) is 30.3 Å². The molecule has 1 aromatic rings. The number of carbonyl (C=O) groups is 2. The van der Waals surface area contributed by atoms with Crippen molar-refractivity contribution in [1.82, 2.24) is 10.6 Å². The quantitative estimate of drug-likeness (QED) is 0.811. The third kappa shape index (κ3) is 2.64. The van der Waals surface area contributed by atoms with E-state index < -0.39 is 5.41 Å². The summed E-state index contributed by atoms with van der Waals surface area (Å²) in [6.45, 7) is 2.74. The second-order valence-corrected chi connectivity index (χ2v) is 4.68. The van der Waals surface area contributed by atoms with Crippen molar-refractivity contribution < 1.29 is 9.59 Å². The van der Waals surface area contributed by atoms with Crippen molar-refractivity contribution in [2.24, 2.45) is 5.41 Å². The predicted octanol–water partition coefficient (Wildman–Crippen LogP) is 0.829. The van der Waals surface area contributed by atoms with Crippen molar-refractivity contribution in [2.45, 2.75) is 19.9 Å². The molecule has 17 heavy (non-hydrogen) atoms. The van der Waals surface area contributed by atoms with Crippen LogP contribution >= 0.6 is 0 Å². The Labute approximate surface area is 100 Å². The van der Waals surface area contributed by atoms with E-state index in [2.05, 4.69) is 10.6 Å². The summed E-state index contributed by atoms with van der Waals surface area (Å²) in [4.78, 5) is 23.1. The highest BCUT2D eigenvalue weighted by atomic mass is 16.2. The molecule has 1 aromatic carbocycles. The van der Waals surface area contributed by atoms with Crippen molar-refractivity contribution in [3.05, 3.63) is 35.9 Å². The highest BCUT2D eigenvalue weighted by Crippen LogP contribution is 2.25. The van der Waals surface area contributed by atoms with Gasteiger partial charge in [-0.05, 0) is 12.5 Å². The number of carbonyl (C=O) groups excluding carboxylic acids is 2. The van der Waals surface area contributed by atoms with Gasteiger partial charge >= 0.3 is 0 Å². The van der Waals surface area contributed by atoms with Crippen molar-refractivity contribution >= 4 is 11.8 Å². The Morgan fingerprint density at radius 3 is 2.71 bits per heavy atom. The van der Waals surface area contributed by atoms with Crippen LogP contribution in [0.4, 0.5) is 0 Å². The average Bonchev–Trinajstić information content (AvgIpc) is 2.69. The fourth-order valence-electron chi connectivity index (χ4n) is 1.93. The summed E-state index contributed by atoms with van der Waals surface area (Å²) in [5, 5.41) is 5.56. The molecular weight excluding hydrogens is 216 g/mol. The molecule has 0 aliphatic carbocycles. The van der Waals surface area contributed by atoms with Crippen LogP contribution in [0, 0.1) is 5.41 Å². The molecule has 1 atom stereocenters. The molecule has 4 nitrogen and oxygen atoms in total. The smallest absolute Gasteiger partial charge is 0.228 e. The second kappa shape index (κ2) is 4.57. The fraction of sp³-hybridized carbons (Fsp3) is 0.385. The van der Waals surface area contributed by atoms with E-state index in [0.717, 1.165) is 5.56 Å². The van der Waals surface area contributed by atoms with Crippen LogP contribution in [0.3, 0.4) is 0 Å². The largest absolute Gasteiger partial charge is 0.355 e. The molecule has 0 aromatic heterocycles. The first kappa shape index (κ1) is 11.6. The molecule has 0 bridgehead atoms. The minimum Gasteiger partial charge on any atom is -0.355 e. The third-order valence-electron chi connectivity index (χ3n) is 3.07. The Hall–Kier alpha value is -1.84. The molecule has 0 radical (unpaired) electrons. The molecule has 90 valence electrons. The molecule has 1 fully saturated rings. The lowest BCUT2D eigenvalue weighted by atomic mass is 9.88. The predicted molar refractivity (Wildman–Crippen MR) is 64.0 cm³/mol. The van der Waals surface area contributed by atoms with E-state index in [1.165, 1.54) is 0 Å². The number of hydrogen-bond acceptors (Lipinski definition) is 2. The number of amides is 2. The summed E-state index contributed by atoms with van der Waals surface area (Å²) in [6.07, 6.45) is 0.271. The summed E-state index contributed by atoms with van der Waals surface area (Å²) >= 11 is 0. The molecule has 0 saturated carbocycles. The van der Waals surface area contributed by atoms with Gasteiger partial charge in [0.25, 0.3) is 0 Å². The summed E-state index contributed by atoms with van der Waals surface area (Å²) in [5.41, 5.74) is 0.452. The van der Waals surface area contributed by atoms with E-state index in [0.29, 0.717) is 13.1 Å². The standard InChI is InChI=1S/C13H16N2O2/c1-13(7-11(16)15-9-13)12(17)14-8-10-5-3-2-4-6-10/h2-6H,7-9H2,1H3,(H,14,17)(H,15,16). The van der Waals surface area contributed by atoms with Gasteiger partial charge in [-0.1, -0.05) is 30.3 Å². The van der Waals surface area contributed by atoms with E-state index in [1.54, 1.807) is 0 Å². The molecule has 1 aliphatic rings. The lowest BCUT2D eigenvalue weighted by Gasteiger charge is -2.20. The van der Waals surface area contributed by atoms with Gasteiger partial charge in [0.15, 0.2) is 0 Å². The monoisotopic (exact) mass is 232 g/mol. The maximum Gasteiger partial charge on any atom is 0.228 e. The molecule has 2 N–H and O–H groups in total. The topological polar surface area (TPSA) is 58.2 Å². The zero-order valence-corrected chi connectivity index (χ0v) is 9.82. The Kier molecular flexibility index (Phi) is 3.13. The molecule has 1 heterocycles. The average molecular weight is 232 g/mol. The Balaban J connectivity index is 1.92. The highest BCUT2D eigenvalue weighted by molar-refractivity contribution is 5.92. The molecule has 4 heteroatoms. The Morgan fingerprint density at radius 2 is 2.12 bits per heavy atom. The van der Waals surface area contributed by atoms with Crippen LogP contribution in [0.1, 0.15) is 18.9 Å². The normalized spacial score (nSPS) is 23.2. The summed E-state index contributed by atoms with van der Waals surface area (Å²) in [6, 6.07) is 9.72. The number of benzene rings is 1. The highest BCUT2D eigenvalue weighted by Gasteiger charge is 2.40. The van der Waals surface area contributed by atoms with Gasteiger partial charge in [0.05, 0.1) is 5.41 Å². The first-order valence-electron chi connectivity index (χ1n) is 5.69. The van der Waals surface area contributed by atoms with Crippen molar-refractivity contribution in [2.75, 3.05) is 6.54 Å². The Morgan fingerprint density at radius 1 is 1.41 bits per heavy atom. The van der Waals surface area contributed by atoms with Gasteiger partial charge < -0.3 is 10.6 Å². The fourth-order valence-corrected chi connectivity index (χ4v) is 1.93. The van der Waals surface area contributed by atoms with Crippen LogP contribution in [-0.4, -0.2) is 18.4 Å². The zero-order chi connectivity index (χ0) is 12.3. The summed E-state index contributed by atoms with van der Waals surface area (Å²) in [5.74, 6) is -0.123. The van der Waals surface area contributed by atoms with E-state index in [4.69, 9.17) is 0 Å². The minimum atomic E-state index is -0.605. The van der Waals surface area contributed by atoms with Gasteiger partial charge in [-0.15, -0.1) is 0 Å². The number of hydrogen-bond donors (Lipinski definition) is 2. The van der Waals surface area contributed by atoms with Gasteiger partial charge in [-0.25, -0.2) is 0 Å². The van der Waals surface area contributed by atoms with Gasteiger partial charge in [0.2, 0.25) is 11.8 Å². The molecule has 2 rings (SSSR count). The van der Waals surface area contributed by atoms with Gasteiger partial charge in [0.1, 0.15) is 0 Å². The van der Waals surface area contributed by atoms with Crippen LogP contribution < -0.4 is 10.6 Å². The second-order valence-electron chi connectivity index (χ2n) is 4.68. The maximum absolute atomic E-state index is 12.0. The van der Waals surface area contributed by atoms with Crippen LogP contribution in [0.5, 0.6) is 0 Å². The third-order valence-corrected chi connectivity index (χ3v) is 3.07. The van der Waals surface area contributed by atoms with E-state index >= 15 is 0 Å². The van der Waals surface area contributed by atoms with Crippen LogP contribution in [0.2, 0.25) is 0 Å². The van der Waals surface area contributed by atoms with Crippen molar-refractivity contribution in [1.29, 1.82) is 0 Å². The van der Waals surface area contributed by atoms with Crippen molar-refractivity contribution in [3.63, 3.8) is 0 Å². The SMILES string of the molecule is CC1(C(=O)NCc2ccccc2)CNC(=O)C1. The van der Waals surface area contributed by atoms with E-state index in [1.807, 2.05) is 37.3 Å². The molecule has 1 unspecified atom stereocenters. The summed E-state index contributed by atoms with van der Waals surface area (Å²) < 4.78 is 0. The first-order chi connectivity index (χ1) is 8.10. The lowest BCUT2D eigenvalue weighted by molar-refractivity contribution is -0.131. The number of rotatable bonds is 3. The zero-order valence-electron chi connectivity index (χ0n) is 9.82. The molecular formula is C13H16N2O2. The number of nitrogens with one attached hydrogen (secondary N) is 2. The molecule has 1 aliphatic heterocycles. The lowest BCUT2D eigenvalue weighted by Crippen LogP contribution is -2.39. The molecule has 0 spiro atoms. The van der Waals surface area contributed by atoms with E-state index in [-0.39, 0.29) is 18.2 Å². The minimum absolute atomic E-state index is 0.0534. The molecule has 2 amide bonds. The van der Waals surface area contributed by atoms with Gasteiger partial charge in [-0.2, -0.15) is 0 Å². The van der Waals surface area contributed by atoms with E-state index in [9.17, 15) is 9.59 Å². The van der Waals surface area contributed by atoms with Gasteiger partial charge in [-0.3, -0.25) is 9.59 Å². The first-order valence-corrected chi connectivity index (χ1v) is 5.69. The molecule has 1 saturated heterocycles. The Bertz CT molecular complexity index is 430. The maximum atomic E-state index is 12.0. The van der Waals surface area contributed by atoms with Gasteiger partial charge in [0, 0.05) is 19.5 Å². The van der Waals surface area contributed by atoms with Crippen molar-refractivity contribution in [3.8, 4) is 0 Å². The summed E-state index contributed by atoms with van der Waals surface area (Å²) in [7, 11) is 0.